The van der Waals surface area contributed by atoms with Crippen LogP contribution < -0.4 is 0 Å². The van der Waals surface area contributed by atoms with Crippen LogP contribution >= 0.6 is 23.4 Å². The van der Waals surface area contributed by atoms with Crippen LogP contribution in [0.3, 0.4) is 0 Å². The van der Waals surface area contributed by atoms with Gasteiger partial charge in [0.05, 0.1) is 21.6 Å². The fourth-order valence-corrected chi connectivity index (χ4v) is 4.04. The highest BCUT2D eigenvalue weighted by Gasteiger charge is 2.27. The van der Waals surface area contributed by atoms with Crippen molar-refractivity contribution in [1.82, 2.24) is 4.57 Å². The molecule has 0 spiro atoms. The smallest absolute Gasteiger partial charge is 0.307 e. The molecule has 0 aliphatic carbocycles. The lowest BCUT2D eigenvalue weighted by molar-refractivity contribution is -0.136. The zero-order chi connectivity index (χ0) is 17.6. The fourth-order valence-electron chi connectivity index (χ4n) is 2.81. The van der Waals surface area contributed by atoms with E-state index in [1.54, 1.807) is 13.0 Å². The Hall–Kier alpha value is -1.99. The lowest BCUT2D eigenvalue weighted by atomic mass is 10.1. The second-order valence-corrected chi connectivity index (χ2v) is 7.46. The Morgan fingerprint density at radius 3 is 2.75 bits per heavy atom. The van der Waals surface area contributed by atoms with Gasteiger partial charge >= 0.3 is 5.97 Å². The van der Waals surface area contributed by atoms with Gasteiger partial charge in [-0.05, 0) is 25.0 Å². The number of nitrogens with zero attached hydrogens (tertiary/aromatic N) is 1. The Morgan fingerprint density at radius 1 is 1.46 bits per heavy atom. The van der Waals surface area contributed by atoms with E-state index in [-0.39, 0.29) is 22.6 Å². The van der Waals surface area contributed by atoms with Gasteiger partial charge in [0.1, 0.15) is 0 Å². The molecule has 2 heterocycles. The Bertz CT molecular complexity index is 905. The zero-order valence-corrected chi connectivity index (χ0v) is 14.1. The molecule has 126 valence electrons. The minimum absolute atomic E-state index is 0.226. The number of phenolic OH excluding ortho intramolecular Hbond substituents is 1. The van der Waals surface area contributed by atoms with Crippen molar-refractivity contribution in [2.24, 2.45) is 0 Å². The maximum atomic E-state index is 13.8. The van der Waals surface area contributed by atoms with Gasteiger partial charge in [0.25, 0.3) is 5.91 Å². The topological polar surface area (TPSA) is 79.5 Å². The van der Waals surface area contributed by atoms with E-state index in [0.717, 1.165) is 12.1 Å². The number of aliphatic carboxylic acids is 1. The van der Waals surface area contributed by atoms with E-state index in [1.165, 1.54) is 16.3 Å². The first-order valence-electron chi connectivity index (χ1n) is 7.09. The number of allylic oxidation sites excluding steroid dienone is 2. The molecule has 0 bridgehead atoms. The van der Waals surface area contributed by atoms with Crippen LogP contribution in [0.4, 0.5) is 4.39 Å². The Kier molecular flexibility index (Phi) is 4.31. The van der Waals surface area contributed by atoms with Crippen LogP contribution in [0.5, 0.6) is 5.75 Å². The molecule has 0 amide bonds. The second-order valence-electron chi connectivity index (χ2n) is 5.43. The van der Waals surface area contributed by atoms with Crippen molar-refractivity contribution in [2.75, 3.05) is 0 Å². The summed E-state index contributed by atoms with van der Waals surface area (Å²) in [5, 5.41) is 19.1. The van der Waals surface area contributed by atoms with E-state index < -0.39 is 17.5 Å². The summed E-state index contributed by atoms with van der Waals surface area (Å²) in [6, 6.07) is 2.19. The molecule has 1 atom stereocenters. The fraction of sp³-hybridized carbons (Fsp3) is 0.250. The third kappa shape index (κ3) is 2.78. The second kappa shape index (κ2) is 6.14. The number of phenols is 1. The first-order chi connectivity index (χ1) is 11.3. The molecule has 1 aliphatic rings. The van der Waals surface area contributed by atoms with Gasteiger partial charge in [0.2, 0.25) is 0 Å². The molecule has 0 saturated heterocycles. The molecule has 0 saturated carbocycles. The number of hydrogen-bond acceptors (Lipinski definition) is 4. The normalized spacial score (nSPS) is 17.3. The monoisotopic (exact) mass is 369 g/mol. The maximum absolute atomic E-state index is 13.8. The van der Waals surface area contributed by atoms with E-state index >= 15 is 0 Å². The lowest BCUT2D eigenvalue weighted by Gasteiger charge is -2.08. The first-order valence-corrected chi connectivity index (χ1v) is 8.41. The third-order valence-electron chi connectivity index (χ3n) is 3.89. The number of aromatic hydroxyl groups is 1. The largest absolute Gasteiger partial charge is 0.505 e. The van der Waals surface area contributed by atoms with Crippen LogP contribution in [-0.4, -0.2) is 31.4 Å². The SMILES string of the molecule is Cc1c(CC(=O)O)c2cc(O)c(F)cc2n1C(=O)C1=CCC(Cl)S1. The van der Waals surface area contributed by atoms with Crippen molar-refractivity contribution in [3.8, 4) is 5.75 Å². The van der Waals surface area contributed by atoms with Crippen molar-refractivity contribution in [3.05, 3.63) is 40.2 Å². The van der Waals surface area contributed by atoms with Crippen molar-refractivity contribution >= 4 is 46.1 Å². The number of carboxylic acids is 1. The summed E-state index contributed by atoms with van der Waals surface area (Å²) in [6.07, 6.45) is 1.92. The lowest BCUT2D eigenvalue weighted by Crippen LogP contribution is -2.13. The highest BCUT2D eigenvalue weighted by atomic mass is 35.5. The molecule has 1 aromatic heterocycles. The van der Waals surface area contributed by atoms with E-state index in [1.807, 2.05) is 0 Å². The average molecular weight is 370 g/mol. The predicted octanol–water partition coefficient (Wildman–Crippen LogP) is 3.65. The highest BCUT2D eigenvalue weighted by molar-refractivity contribution is 8.05. The third-order valence-corrected chi connectivity index (χ3v) is 5.38. The number of aromatic nitrogens is 1. The van der Waals surface area contributed by atoms with Gasteiger partial charge < -0.3 is 10.2 Å². The number of alkyl halides is 1. The molecule has 8 heteroatoms. The summed E-state index contributed by atoms with van der Waals surface area (Å²) in [7, 11) is 0. The first kappa shape index (κ1) is 16.9. The number of benzene rings is 1. The van der Waals surface area contributed by atoms with Crippen molar-refractivity contribution in [3.63, 3.8) is 0 Å². The molecule has 1 aromatic carbocycles. The van der Waals surface area contributed by atoms with Gasteiger partial charge in [-0.3, -0.25) is 14.2 Å². The summed E-state index contributed by atoms with van der Waals surface area (Å²) in [5.74, 6) is -2.93. The molecule has 0 fully saturated rings. The molecule has 3 rings (SSSR count). The average Bonchev–Trinajstić information content (AvgIpc) is 3.03. The molecule has 5 nitrogen and oxygen atoms in total. The van der Waals surface area contributed by atoms with Gasteiger partial charge in [-0.15, -0.1) is 23.4 Å². The van der Waals surface area contributed by atoms with E-state index in [0.29, 0.717) is 28.0 Å². The number of carbonyl (C=O) groups excluding carboxylic acids is 1. The quantitative estimate of drug-likeness (QED) is 0.807. The number of carboxylic acid groups (broad SMARTS) is 1. The van der Waals surface area contributed by atoms with E-state index in [2.05, 4.69) is 0 Å². The van der Waals surface area contributed by atoms with Crippen LogP contribution in [0.1, 0.15) is 22.5 Å². The molecule has 1 unspecified atom stereocenters. The van der Waals surface area contributed by atoms with Crippen molar-refractivity contribution in [2.45, 2.75) is 24.5 Å². The van der Waals surface area contributed by atoms with E-state index in [9.17, 15) is 19.1 Å². The van der Waals surface area contributed by atoms with E-state index in [4.69, 9.17) is 16.7 Å². The minimum Gasteiger partial charge on any atom is -0.505 e. The van der Waals surface area contributed by atoms with Crippen LogP contribution in [0.2, 0.25) is 0 Å². The number of halogens is 2. The van der Waals surface area contributed by atoms with Gasteiger partial charge in [0.15, 0.2) is 11.6 Å². The molecular weight excluding hydrogens is 357 g/mol. The molecule has 0 radical (unpaired) electrons. The standard InChI is InChI=1S/C16H13ClFNO4S/c1-7-8(5-15(21)22)9-4-12(20)10(18)6-11(9)19(7)16(23)13-2-3-14(17)24-13/h2,4,6,14,20H,3,5H2,1H3,(H,21,22). The van der Waals surface area contributed by atoms with Crippen LogP contribution in [0.25, 0.3) is 10.9 Å². The number of thioether (sulfide) groups is 1. The molecule has 2 aromatic rings. The number of carbonyl (C=O) groups is 2. The summed E-state index contributed by atoms with van der Waals surface area (Å²) in [6.45, 7) is 1.60. The summed E-state index contributed by atoms with van der Waals surface area (Å²) < 4.78 is 14.9. The van der Waals surface area contributed by atoms with Crippen molar-refractivity contribution in [1.29, 1.82) is 0 Å². The van der Waals surface area contributed by atoms with Crippen LogP contribution in [0.15, 0.2) is 23.1 Å². The number of rotatable bonds is 3. The van der Waals surface area contributed by atoms with Crippen LogP contribution in [-0.2, 0) is 11.2 Å². The Morgan fingerprint density at radius 2 is 2.17 bits per heavy atom. The number of hydrogen-bond donors (Lipinski definition) is 2. The zero-order valence-electron chi connectivity index (χ0n) is 12.5. The summed E-state index contributed by atoms with van der Waals surface area (Å²) in [4.78, 5) is 24.4. The Balaban J connectivity index is 2.23. The molecule has 2 N–H and O–H groups in total. The molecule has 1 aliphatic heterocycles. The maximum Gasteiger partial charge on any atom is 0.307 e. The molecular formula is C16H13ClFNO4S. The van der Waals surface area contributed by atoms with Gasteiger partial charge in [-0.2, -0.15) is 0 Å². The summed E-state index contributed by atoms with van der Waals surface area (Å²) >= 11 is 7.21. The van der Waals surface area contributed by atoms with Gasteiger partial charge in [0, 0.05) is 17.1 Å². The minimum atomic E-state index is -1.08. The Labute approximate surface area is 145 Å². The van der Waals surface area contributed by atoms with Crippen LogP contribution in [0, 0.1) is 12.7 Å². The molecule has 24 heavy (non-hydrogen) atoms. The number of fused-ring (bicyclic) bond motifs is 1. The highest BCUT2D eigenvalue weighted by Crippen LogP contribution is 2.38. The summed E-state index contributed by atoms with van der Waals surface area (Å²) in [5.41, 5.74) is 0.998. The van der Waals surface area contributed by atoms with Gasteiger partial charge in [-0.25, -0.2) is 4.39 Å². The predicted molar refractivity (Wildman–Crippen MR) is 90.2 cm³/mol. The van der Waals surface area contributed by atoms with Gasteiger partial charge in [-0.1, -0.05) is 6.08 Å². The van der Waals surface area contributed by atoms with Crippen molar-refractivity contribution < 1.29 is 24.2 Å².